The van der Waals surface area contributed by atoms with Gasteiger partial charge in [-0.15, -0.1) is 0 Å². The molecular weight excluding hydrogens is 140 g/mol. The minimum atomic E-state index is -0.168. The molecular formula is C8H14N2O. The molecule has 2 fully saturated rings. The first-order valence-corrected chi connectivity index (χ1v) is 4.37. The second kappa shape index (κ2) is 2.48. The van der Waals surface area contributed by atoms with Gasteiger partial charge in [0.05, 0.1) is 12.2 Å². The van der Waals surface area contributed by atoms with Crippen molar-refractivity contribution in [1.82, 2.24) is 10.6 Å². The zero-order valence-corrected chi connectivity index (χ0v) is 6.65. The smallest absolute Gasteiger partial charge is 0.241 e. The Morgan fingerprint density at radius 1 is 1.18 bits per heavy atom. The maximum absolute atomic E-state index is 11.4. The highest BCUT2D eigenvalue weighted by molar-refractivity contribution is 5.88. The zero-order chi connectivity index (χ0) is 7.73. The van der Waals surface area contributed by atoms with Crippen LogP contribution in [0.5, 0.6) is 0 Å². The van der Waals surface area contributed by atoms with Gasteiger partial charge in [0.25, 0.3) is 0 Å². The molecule has 0 aromatic rings. The van der Waals surface area contributed by atoms with E-state index in [1.807, 2.05) is 0 Å². The normalized spacial score (nSPS) is 28.9. The highest BCUT2D eigenvalue weighted by Crippen LogP contribution is 2.29. The van der Waals surface area contributed by atoms with Crippen LogP contribution < -0.4 is 10.6 Å². The van der Waals surface area contributed by atoms with Crippen molar-refractivity contribution in [2.24, 2.45) is 0 Å². The first kappa shape index (κ1) is 7.10. The summed E-state index contributed by atoms with van der Waals surface area (Å²) in [7, 11) is 0. The van der Waals surface area contributed by atoms with Crippen molar-refractivity contribution in [3.63, 3.8) is 0 Å². The molecule has 0 bridgehead atoms. The highest BCUT2D eigenvalue weighted by Gasteiger charge is 2.42. The predicted octanol–water partition coefficient (Wildman–Crippen LogP) is 0.366. The lowest BCUT2D eigenvalue weighted by atomic mass is 9.82. The van der Waals surface area contributed by atoms with E-state index in [4.69, 9.17) is 0 Å². The number of carbonyl (C=O) groups is 1. The van der Waals surface area contributed by atoms with E-state index < -0.39 is 0 Å². The fourth-order valence-electron chi connectivity index (χ4n) is 2.10. The second-order valence-electron chi connectivity index (χ2n) is 3.50. The van der Waals surface area contributed by atoms with Crippen molar-refractivity contribution >= 4 is 5.91 Å². The summed E-state index contributed by atoms with van der Waals surface area (Å²) < 4.78 is 0. The molecule has 1 saturated carbocycles. The number of amides is 1. The van der Waals surface area contributed by atoms with E-state index in [0.29, 0.717) is 6.67 Å². The second-order valence-corrected chi connectivity index (χ2v) is 3.50. The van der Waals surface area contributed by atoms with Gasteiger partial charge in [-0.05, 0) is 12.8 Å². The van der Waals surface area contributed by atoms with Crippen LogP contribution in [0.15, 0.2) is 0 Å². The van der Waals surface area contributed by atoms with Crippen LogP contribution in [-0.2, 0) is 4.79 Å². The molecule has 2 rings (SSSR count). The van der Waals surface area contributed by atoms with Gasteiger partial charge in [-0.3, -0.25) is 10.1 Å². The summed E-state index contributed by atoms with van der Waals surface area (Å²) >= 11 is 0. The summed E-state index contributed by atoms with van der Waals surface area (Å²) in [5.74, 6) is 0.220. The molecule has 0 aromatic carbocycles. The van der Waals surface area contributed by atoms with Gasteiger partial charge >= 0.3 is 0 Å². The van der Waals surface area contributed by atoms with Gasteiger partial charge in [-0.25, -0.2) is 0 Å². The lowest BCUT2D eigenvalue weighted by molar-refractivity contribution is -0.125. The van der Waals surface area contributed by atoms with Crippen molar-refractivity contribution in [1.29, 1.82) is 0 Å². The Balaban J connectivity index is 2.12. The molecule has 3 heteroatoms. The third-order valence-electron chi connectivity index (χ3n) is 2.82. The first-order valence-electron chi connectivity index (χ1n) is 4.37. The van der Waals surface area contributed by atoms with E-state index in [0.717, 1.165) is 12.8 Å². The van der Waals surface area contributed by atoms with Crippen LogP contribution in [0.2, 0.25) is 0 Å². The van der Waals surface area contributed by atoms with Gasteiger partial charge in [0.1, 0.15) is 0 Å². The summed E-state index contributed by atoms with van der Waals surface area (Å²) in [6.07, 6.45) is 5.73. The van der Waals surface area contributed by atoms with Crippen LogP contribution in [0.3, 0.4) is 0 Å². The number of carbonyl (C=O) groups excluding carboxylic acids is 1. The van der Waals surface area contributed by atoms with Crippen LogP contribution >= 0.6 is 0 Å². The maximum Gasteiger partial charge on any atom is 0.241 e. The molecule has 1 aliphatic carbocycles. The van der Waals surface area contributed by atoms with Crippen LogP contribution in [0.1, 0.15) is 32.1 Å². The van der Waals surface area contributed by atoms with Gasteiger partial charge < -0.3 is 5.32 Å². The Morgan fingerprint density at radius 3 is 2.45 bits per heavy atom. The molecule has 1 amide bonds. The van der Waals surface area contributed by atoms with E-state index in [2.05, 4.69) is 10.6 Å². The molecule has 1 spiro atoms. The molecule has 0 radical (unpaired) electrons. The van der Waals surface area contributed by atoms with Gasteiger partial charge in [0, 0.05) is 0 Å². The summed E-state index contributed by atoms with van der Waals surface area (Å²) in [4.78, 5) is 11.4. The number of hydrogen-bond donors (Lipinski definition) is 2. The van der Waals surface area contributed by atoms with Crippen molar-refractivity contribution in [3.05, 3.63) is 0 Å². The summed E-state index contributed by atoms with van der Waals surface area (Å²) in [5, 5.41) is 6.09. The van der Waals surface area contributed by atoms with E-state index >= 15 is 0 Å². The molecule has 0 unspecified atom stereocenters. The summed E-state index contributed by atoms with van der Waals surface area (Å²) in [6.45, 7) is 0.666. The molecule has 1 heterocycles. The first-order chi connectivity index (χ1) is 5.33. The third-order valence-corrected chi connectivity index (χ3v) is 2.82. The lowest BCUT2D eigenvalue weighted by Crippen LogP contribution is -2.47. The average Bonchev–Trinajstić information content (AvgIpc) is 2.36. The Labute approximate surface area is 66.5 Å². The minimum absolute atomic E-state index is 0.168. The summed E-state index contributed by atoms with van der Waals surface area (Å²) in [6, 6.07) is 0. The number of nitrogens with one attached hydrogen (secondary N) is 2. The van der Waals surface area contributed by atoms with Crippen LogP contribution in [-0.4, -0.2) is 18.1 Å². The minimum Gasteiger partial charge on any atom is -0.342 e. The summed E-state index contributed by atoms with van der Waals surface area (Å²) in [5.41, 5.74) is -0.168. The molecule has 2 N–H and O–H groups in total. The van der Waals surface area contributed by atoms with E-state index in [1.54, 1.807) is 0 Å². The van der Waals surface area contributed by atoms with E-state index in [1.165, 1.54) is 19.3 Å². The van der Waals surface area contributed by atoms with E-state index in [-0.39, 0.29) is 11.4 Å². The largest absolute Gasteiger partial charge is 0.342 e. The van der Waals surface area contributed by atoms with Crippen molar-refractivity contribution < 1.29 is 4.79 Å². The van der Waals surface area contributed by atoms with Gasteiger partial charge in [-0.1, -0.05) is 19.3 Å². The molecule has 11 heavy (non-hydrogen) atoms. The molecule has 0 atom stereocenters. The maximum atomic E-state index is 11.4. The van der Waals surface area contributed by atoms with Gasteiger partial charge in [0.2, 0.25) is 5.91 Å². The molecule has 2 aliphatic rings. The predicted molar refractivity (Wildman–Crippen MR) is 42.0 cm³/mol. The Morgan fingerprint density at radius 2 is 1.91 bits per heavy atom. The molecule has 0 aromatic heterocycles. The number of hydrogen-bond acceptors (Lipinski definition) is 2. The lowest BCUT2D eigenvalue weighted by Gasteiger charge is -2.30. The van der Waals surface area contributed by atoms with Gasteiger partial charge in [0.15, 0.2) is 0 Å². The Hall–Kier alpha value is -0.570. The van der Waals surface area contributed by atoms with Crippen molar-refractivity contribution in [2.45, 2.75) is 37.6 Å². The third kappa shape index (κ3) is 1.03. The average molecular weight is 154 g/mol. The Bertz CT molecular complexity index is 173. The molecule has 62 valence electrons. The van der Waals surface area contributed by atoms with Crippen LogP contribution in [0.4, 0.5) is 0 Å². The number of rotatable bonds is 0. The zero-order valence-electron chi connectivity index (χ0n) is 6.65. The SMILES string of the molecule is O=C1NCNC12CCCCC2. The monoisotopic (exact) mass is 154 g/mol. The fourth-order valence-corrected chi connectivity index (χ4v) is 2.10. The van der Waals surface area contributed by atoms with Crippen molar-refractivity contribution in [3.8, 4) is 0 Å². The van der Waals surface area contributed by atoms with Gasteiger partial charge in [-0.2, -0.15) is 0 Å². The quantitative estimate of drug-likeness (QED) is 0.529. The molecule has 3 nitrogen and oxygen atoms in total. The van der Waals surface area contributed by atoms with Crippen LogP contribution in [0.25, 0.3) is 0 Å². The molecule has 1 saturated heterocycles. The van der Waals surface area contributed by atoms with Crippen LogP contribution in [0, 0.1) is 0 Å². The highest BCUT2D eigenvalue weighted by atomic mass is 16.2. The molecule has 1 aliphatic heterocycles. The Kier molecular flexibility index (Phi) is 1.60. The fraction of sp³-hybridized carbons (Fsp3) is 0.875. The van der Waals surface area contributed by atoms with Crippen molar-refractivity contribution in [2.75, 3.05) is 6.67 Å². The van der Waals surface area contributed by atoms with E-state index in [9.17, 15) is 4.79 Å². The topological polar surface area (TPSA) is 41.1 Å². The standard InChI is InChI=1S/C8H14N2O/c11-7-8(10-6-9-7)4-2-1-3-5-8/h10H,1-6H2,(H,9,11).